The van der Waals surface area contributed by atoms with Gasteiger partial charge in [-0.2, -0.15) is 8.78 Å². The molecule has 1 amide bonds. The summed E-state index contributed by atoms with van der Waals surface area (Å²) in [6, 6.07) is 3.79. The molecule has 0 atom stereocenters. The van der Waals surface area contributed by atoms with Crippen LogP contribution >= 0.6 is 0 Å². The van der Waals surface area contributed by atoms with Crippen molar-refractivity contribution < 1.29 is 13.6 Å². The zero-order valence-electron chi connectivity index (χ0n) is 9.33. The normalized spacial score (nSPS) is 10.5. The molecular formula is C11H15F2N3O. The zero-order chi connectivity index (χ0) is 12.5. The minimum atomic E-state index is -2.93. The predicted molar refractivity (Wildman–Crippen MR) is 59.6 cm³/mol. The molecule has 0 radical (unpaired) electrons. The summed E-state index contributed by atoms with van der Waals surface area (Å²) in [5.41, 5.74) is 1.06. The Labute approximate surface area is 98.4 Å². The average molecular weight is 243 g/mol. The number of carbonyl (C=O) groups is 1. The number of rotatable bonds is 7. The standard InChI is InChI=1S/C11H15F2N3O/c12-10(13)11(17)16-6-2-5-15-8-9-3-1-4-14-7-9/h1,3-4,7,10,15H,2,5-6,8H2,(H,16,17). The lowest BCUT2D eigenvalue weighted by molar-refractivity contribution is -0.131. The molecule has 0 aliphatic carbocycles. The van der Waals surface area contributed by atoms with E-state index in [1.165, 1.54) is 0 Å². The van der Waals surface area contributed by atoms with E-state index in [9.17, 15) is 13.6 Å². The molecule has 1 aromatic rings. The molecule has 1 aromatic heterocycles. The molecule has 0 aromatic carbocycles. The van der Waals surface area contributed by atoms with Gasteiger partial charge in [-0.15, -0.1) is 0 Å². The Morgan fingerprint density at radius 1 is 1.41 bits per heavy atom. The number of hydrogen-bond donors (Lipinski definition) is 2. The highest BCUT2D eigenvalue weighted by molar-refractivity contribution is 5.78. The zero-order valence-corrected chi connectivity index (χ0v) is 9.33. The maximum Gasteiger partial charge on any atom is 0.315 e. The fourth-order valence-electron chi connectivity index (χ4n) is 1.24. The summed E-state index contributed by atoms with van der Waals surface area (Å²) in [6.45, 7) is 1.58. The van der Waals surface area contributed by atoms with Gasteiger partial charge in [0, 0.05) is 25.5 Å². The van der Waals surface area contributed by atoms with E-state index in [0.29, 0.717) is 19.5 Å². The van der Waals surface area contributed by atoms with Gasteiger partial charge in [0.25, 0.3) is 5.91 Å². The molecule has 0 saturated carbocycles. The molecule has 0 unspecified atom stereocenters. The van der Waals surface area contributed by atoms with E-state index in [0.717, 1.165) is 5.56 Å². The number of carbonyl (C=O) groups excluding carboxylic acids is 1. The maximum atomic E-state index is 11.8. The fraction of sp³-hybridized carbons (Fsp3) is 0.455. The van der Waals surface area contributed by atoms with Crippen LogP contribution in [-0.2, 0) is 11.3 Å². The third-order valence-electron chi connectivity index (χ3n) is 2.08. The van der Waals surface area contributed by atoms with E-state index in [-0.39, 0.29) is 6.54 Å². The molecule has 94 valence electrons. The highest BCUT2D eigenvalue weighted by Gasteiger charge is 2.13. The molecule has 0 spiro atoms. The Morgan fingerprint density at radius 3 is 2.88 bits per heavy atom. The summed E-state index contributed by atoms with van der Waals surface area (Å²) in [4.78, 5) is 14.5. The Bertz CT molecular complexity index is 333. The molecular weight excluding hydrogens is 228 g/mol. The first-order chi connectivity index (χ1) is 8.20. The molecule has 0 aliphatic rings. The third kappa shape index (κ3) is 5.91. The summed E-state index contributed by atoms with van der Waals surface area (Å²) in [5.74, 6) is -1.21. The topological polar surface area (TPSA) is 54.0 Å². The number of amides is 1. The average Bonchev–Trinajstić information content (AvgIpc) is 2.34. The van der Waals surface area contributed by atoms with Crippen molar-refractivity contribution in [1.29, 1.82) is 0 Å². The van der Waals surface area contributed by atoms with Crippen LogP contribution in [0.2, 0.25) is 0 Å². The lowest BCUT2D eigenvalue weighted by Crippen LogP contribution is -2.31. The maximum absolute atomic E-state index is 11.8. The van der Waals surface area contributed by atoms with Crippen molar-refractivity contribution in [2.24, 2.45) is 0 Å². The molecule has 4 nitrogen and oxygen atoms in total. The molecule has 0 fully saturated rings. The first kappa shape index (κ1) is 13.5. The van der Waals surface area contributed by atoms with Gasteiger partial charge in [0.05, 0.1) is 0 Å². The highest BCUT2D eigenvalue weighted by atomic mass is 19.3. The molecule has 0 bridgehead atoms. The summed E-state index contributed by atoms with van der Waals surface area (Å²) >= 11 is 0. The highest BCUT2D eigenvalue weighted by Crippen LogP contribution is 1.94. The van der Waals surface area contributed by atoms with Crippen LogP contribution in [0.3, 0.4) is 0 Å². The number of aromatic nitrogens is 1. The number of alkyl halides is 2. The SMILES string of the molecule is O=C(NCCCNCc1cccnc1)C(F)F. The molecule has 2 N–H and O–H groups in total. The van der Waals surface area contributed by atoms with Crippen molar-refractivity contribution in [2.75, 3.05) is 13.1 Å². The van der Waals surface area contributed by atoms with Crippen LogP contribution in [0.1, 0.15) is 12.0 Å². The third-order valence-corrected chi connectivity index (χ3v) is 2.08. The fourth-order valence-corrected chi connectivity index (χ4v) is 1.24. The van der Waals surface area contributed by atoms with Crippen molar-refractivity contribution >= 4 is 5.91 Å². The Kier molecular flexibility index (Phi) is 6.09. The van der Waals surface area contributed by atoms with E-state index in [1.54, 1.807) is 12.4 Å². The van der Waals surface area contributed by atoms with Crippen LogP contribution in [0.15, 0.2) is 24.5 Å². The van der Waals surface area contributed by atoms with Gasteiger partial charge < -0.3 is 10.6 Å². The molecule has 1 rings (SSSR count). The second-order valence-corrected chi connectivity index (χ2v) is 3.48. The van der Waals surface area contributed by atoms with E-state index >= 15 is 0 Å². The monoisotopic (exact) mass is 243 g/mol. The quantitative estimate of drug-likeness (QED) is 0.701. The van der Waals surface area contributed by atoms with E-state index in [1.807, 2.05) is 12.1 Å². The van der Waals surface area contributed by atoms with Crippen LogP contribution in [-0.4, -0.2) is 30.4 Å². The minimum Gasteiger partial charge on any atom is -0.351 e. The van der Waals surface area contributed by atoms with Crippen LogP contribution in [0, 0.1) is 0 Å². The smallest absolute Gasteiger partial charge is 0.315 e. The van der Waals surface area contributed by atoms with Crippen LogP contribution in [0.25, 0.3) is 0 Å². The van der Waals surface area contributed by atoms with Crippen molar-refractivity contribution in [2.45, 2.75) is 19.4 Å². The van der Waals surface area contributed by atoms with Crippen molar-refractivity contribution in [3.8, 4) is 0 Å². The number of nitrogens with one attached hydrogen (secondary N) is 2. The first-order valence-corrected chi connectivity index (χ1v) is 5.35. The summed E-state index contributed by atoms with van der Waals surface area (Å²) in [5, 5.41) is 5.27. The lowest BCUT2D eigenvalue weighted by atomic mass is 10.3. The summed E-state index contributed by atoms with van der Waals surface area (Å²) in [7, 11) is 0. The van der Waals surface area contributed by atoms with Crippen LogP contribution in [0.5, 0.6) is 0 Å². The Hall–Kier alpha value is -1.56. The van der Waals surface area contributed by atoms with Gasteiger partial charge in [0.2, 0.25) is 0 Å². The number of halogens is 2. The van der Waals surface area contributed by atoms with Crippen LogP contribution < -0.4 is 10.6 Å². The second-order valence-electron chi connectivity index (χ2n) is 3.48. The van der Waals surface area contributed by atoms with Gasteiger partial charge in [-0.25, -0.2) is 0 Å². The van der Waals surface area contributed by atoms with E-state index in [4.69, 9.17) is 0 Å². The second kappa shape index (κ2) is 7.67. The van der Waals surface area contributed by atoms with Gasteiger partial charge in [-0.05, 0) is 24.6 Å². The Morgan fingerprint density at radius 2 is 2.24 bits per heavy atom. The summed E-state index contributed by atoms with van der Waals surface area (Å²) < 4.78 is 23.6. The lowest BCUT2D eigenvalue weighted by Gasteiger charge is -2.06. The molecule has 17 heavy (non-hydrogen) atoms. The summed E-state index contributed by atoms with van der Waals surface area (Å²) in [6.07, 6.45) is 1.13. The predicted octanol–water partition coefficient (Wildman–Crippen LogP) is 0.943. The van der Waals surface area contributed by atoms with Gasteiger partial charge >= 0.3 is 6.43 Å². The number of hydrogen-bond acceptors (Lipinski definition) is 3. The number of pyridine rings is 1. The Balaban J connectivity index is 2.00. The van der Waals surface area contributed by atoms with Gasteiger partial charge in [0.1, 0.15) is 0 Å². The van der Waals surface area contributed by atoms with E-state index < -0.39 is 12.3 Å². The molecule has 0 aliphatic heterocycles. The van der Waals surface area contributed by atoms with Crippen molar-refractivity contribution in [1.82, 2.24) is 15.6 Å². The first-order valence-electron chi connectivity index (χ1n) is 5.35. The van der Waals surface area contributed by atoms with Gasteiger partial charge in [0.15, 0.2) is 0 Å². The van der Waals surface area contributed by atoms with Gasteiger partial charge in [-0.3, -0.25) is 9.78 Å². The van der Waals surface area contributed by atoms with Crippen molar-refractivity contribution in [3.63, 3.8) is 0 Å². The number of nitrogens with zero attached hydrogens (tertiary/aromatic N) is 1. The molecule has 1 heterocycles. The largest absolute Gasteiger partial charge is 0.351 e. The molecule has 0 saturated heterocycles. The molecule has 6 heteroatoms. The minimum absolute atomic E-state index is 0.253. The van der Waals surface area contributed by atoms with E-state index in [2.05, 4.69) is 15.6 Å². The van der Waals surface area contributed by atoms with Gasteiger partial charge in [-0.1, -0.05) is 6.07 Å². The van der Waals surface area contributed by atoms with Crippen LogP contribution in [0.4, 0.5) is 8.78 Å². The van der Waals surface area contributed by atoms with Crippen molar-refractivity contribution in [3.05, 3.63) is 30.1 Å².